The highest BCUT2D eigenvalue weighted by Gasteiger charge is 2.14. The lowest BCUT2D eigenvalue weighted by atomic mass is 10.2. The van der Waals surface area contributed by atoms with Crippen LogP contribution >= 0.6 is 11.8 Å². The van der Waals surface area contributed by atoms with Crippen molar-refractivity contribution in [3.8, 4) is 11.4 Å². The average molecular weight is 367 g/mol. The first-order valence-electron chi connectivity index (χ1n) is 8.31. The van der Waals surface area contributed by atoms with E-state index in [1.807, 2.05) is 66.2 Å². The molecule has 0 fully saturated rings. The summed E-state index contributed by atoms with van der Waals surface area (Å²) in [4.78, 5) is 17.4. The fourth-order valence-electron chi connectivity index (χ4n) is 2.44. The van der Waals surface area contributed by atoms with Crippen molar-refractivity contribution in [2.24, 2.45) is 0 Å². The van der Waals surface area contributed by atoms with E-state index in [0.29, 0.717) is 6.54 Å². The maximum Gasteiger partial charge on any atom is 0.233 e. The lowest BCUT2D eigenvalue weighted by Crippen LogP contribution is -2.30. The number of methoxy groups -OCH3 is 1. The van der Waals surface area contributed by atoms with Crippen LogP contribution in [0, 0.1) is 0 Å². The molecule has 6 heteroatoms. The number of imidazole rings is 1. The van der Waals surface area contributed by atoms with Gasteiger partial charge in [0.1, 0.15) is 5.75 Å². The molecule has 0 saturated heterocycles. The minimum absolute atomic E-state index is 0.0181. The topological polar surface area (TPSA) is 56.1 Å². The first-order chi connectivity index (χ1) is 12.7. The largest absolute Gasteiger partial charge is 0.497 e. The molecule has 26 heavy (non-hydrogen) atoms. The van der Waals surface area contributed by atoms with E-state index in [1.165, 1.54) is 11.8 Å². The lowest BCUT2D eigenvalue weighted by molar-refractivity contribution is -0.120. The van der Waals surface area contributed by atoms with Crippen molar-refractivity contribution in [1.29, 1.82) is 0 Å². The number of aromatic nitrogens is 2. The summed E-state index contributed by atoms with van der Waals surface area (Å²) in [5.74, 6) is 0.829. The quantitative estimate of drug-likeness (QED) is 0.647. The van der Waals surface area contributed by atoms with Crippen LogP contribution in [0.1, 0.15) is 12.5 Å². The van der Waals surface area contributed by atoms with Crippen LogP contribution in [0.5, 0.6) is 5.75 Å². The van der Waals surface area contributed by atoms with Crippen LogP contribution in [-0.2, 0) is 11.3 Å². The van der Waals surface area contributed by atoms with E-state index < -0.39 is 0 Å². The summed E-state index contributed by atoms with van der Waals surface area (Å²) in [6, 6.07) is 15.8. The molecule has 0 aliphatic heterocycles. The van der Waals surface area contributed by atoms with Crippen molar-refractivity contribution in [2.45, 2.75) is 23.6 Å². The Bertz CT molecular complexity index is 831. The maximum atomic E-state index is 12.3. The predicted octanol–water partition coefficient (Wildman–Crippen LogP) is 3.68. The summed E-state index contributed by atoms with van der Waals surface area (Å²) in [6.45, 7) is 2.42. The van der Waals surface area contributed by atoms with E-state index in [0.717, 1.165) is 21.9 Å². The second-order valence-corrected chi connectivity index (χ2v) is 7.20. The number of thioether (sulfide) groups is 1. The first kappa shape index (κ1) is 18.1. The van der Waals surface area contributed by atoms with E-state index in [-0.39, 0.29) is 11.2 Å². The SMILES string of the molecule is COc1ccc(SC(C)C(=O)NCc2ccc(-n3ccnc3)cc2)cc1. The predicted molar refractivity (Wildman–Crippen MR) is 104 cm³/mol. The number of hydrogen-bond acceptors (Lipinski definition) is 4. The van der Waals surface area contributed by atoms with Gasteiger partial charge in [-0.05, 0) is 48.9 Å². The molecule has 0 saturated carbocycles. The monoisotopic (exact) mass is 367 g/mol. The summed E-state index contributed by atoms with van der Waals surface area (Å²) < 4.78 is 7.09. The molecule has 5 nitrogen and oxygen atoms in total. The smallest absolute Gasteiger partial charge is 0.233 e. The molecule has 0 bridgehead atoms. The van der Waals surface area contributed by atoms with Gasteiger partial charge in [0.05, 0.1) is 18.7 Å². The second kappa shape index (κ2) is 8.58. The molecule has 134 valence electrons. The van der Waals surface area contributed by atoms with Crippen molar-refractivity contribution < 1.29 is 9.53 Å². The van der Waals surface area contributed by atoms with Crippen LogP contribution < -0.4 is 10.1 Å². The molecular formula is C20H21N3O2S. The Labute approximate surface area is 157 Å². The number of carbonyl (C=O) groups excluding carboxylic acids is 1. The van der Waals surface area contributed by atoms with E-state index in [2.05, 4.69) is 10.3 Å². The Morgan fingerprint density at radius 2 is 1.92 bits per heavy atom. The first-order valence-corrected chi connectivity index (χ1v) is 9.19. The molecule has 0 aliphatic carbocycles. The van der Waals surface area contributed by atoms with Gasteiger partial charge in [0.15, 0.2) is 0 Å². The van der Waals surface area contributed by atoms with Gasteiger partial charge in [0.25, 0.3) is 0 Å². The van der Waals surface area contributed by atoms with Crippen molar-refractivity contribution in [3.63, 3.8) is 0 Å². The third-order valence-electron chi connectivity index (χ3n) is 3.95. The highest BCUT2D eigenvalue weighted by atomic mass is 32.2. The molecule has 1 N–H and O–H groups in total. The zero-order valence-corrected chi connectivity index (χ0v) is 15.6. The molecule has 1 aromatic heterocycles. The summed E-state index contributed by atoms with van der Waals surface area (Å²) >= 11 is 1.53. The van der Waals surface area contributed by atoms with Crippen LogP contribution in [0.2, 0.25) is 0 Å². The number of rotatable bonds is 7. The Morgan fingerprint density at radius 3 is 2.54 bits per heavy atom. The van der Waals surface area contributed by atoms with Crippen LogP contribution in [0.15, 0.2) is 72.1 Å². The number of nitrogens with one attached hydrogen (secondary N) is 1. The van der Waals surface area contributed by atoms with Gasteiger partial charge in [0, 0.05) is 29.5 Å². The summed E-state index contributed by atoms with van der Waals surface area (Å²) in [7, 11) is 1.64. The Balaban J connectivity index is 1.51. The Morgan fingerprint density at radius 1 is 1.19 bits per heavy atom. The van der Waals surface area contributed by atoms with Crippen LogP contribution in [0.3, 0.4) is 0 Å². The molecular weight excluding hydrogens is 346 g/mol. The number of nitrogens with zero attached hydrogens (tertiary/aromatic N) is 2. The number of benzene rings is 2. The molecule has 1 atom stereocenters. The number of amides is 1. The number of hydrogen-bond donors (Lipinski definition) is 1. The van der Waals surface area contributed by atoms with E-state index in [4.69, 9.17) is 4.74 Å². The minimum atomic E-state index is -0.173. The molecule has 3 rings (SSSR count). The van der Waals surface area contributed by atoms with Crippen LogP contribution in [0.25, 0.3) is 5.69 Å². The van der Waals surface area contributed by atoms with E-state index in [1.54, 1.807) is 19.6 Å². The molecule has 0 spiro atoms. The number of carbonyl (C=O) groups is 1. The number of ether oxygens (including phenoxy) is 1. The molecule has 0 radical (unpaired) electrons. The fourth-order valence-corrected chi connectivity index (χ4v) is 3.33. The molecule has 1 unspecified atom stereocenters. The maximum absolute atomic E-state index is 12.3. The standard InChI is InChI=1S/C20H21N3O2S/c1-15(26-19-9-7-18(25-2)8-10-19)20(24)22-13-16-3-5-17(6-4-16)23-12-11-21-14-23/h3-12,14-15H,13H2,1-2H3,(H,22,24). The van der Waals surface area contributed by atoms with Gasteiger partial charge in [-0.25, -0.2) is 4.98 Å². The van der Waals surface area contributed by atoms with E-state index >= 15 is 0 Å². The van der Waals surface area contributed by atoms with Gasteiger partial charge in [-0.15, -0.1) is 11.8 Å². The second-order valence-electron chi connectivity index (χ2n) is 5.79. The zero-order valence-electron chi connectivity index (χ0n) is 14.8. The molecule has 1 amide bonds. The molecule has 1 heterocycles. The average Bonchev–Trinajstić information content (AvgIpc) is 3.22. The van der Waals surface area contributed by atoms with Gasteiger partial charge < -0.3 is 14.6 Å². The van der Waals surface area contributed by atoms with Gasteiger partial charge in [-0.3, -0.25) is 4.79 Å². The lowest BCUT2D eigenvalue weighted by Gasteiger charge is -2.12. The van der Waals surface area contributed by atoms with Crippen molar-refractivity contribution >= 4 is 17.7 Å². The fraction of sp³-hybridized carbons (Fsp3) is 0.200. The van der Waals surface area contributed by atoms with Gasteiger partial charge in [0.2, 0.25) is 5.91 Å². The van der Waals surface area contributed by atoms with Crippen molar-refractivity contribution in [3.05, 3.63) is 72.8 Å². The Kier molecular flexibility index (Phi) is 5.96. The molecule has 3 aromatic rings. The highest BCUT2D eigenvalue weighted by Crippen LogP contribution is 2.25. The van der Waals surface area contributed by atoms with Crippen molar-refractivity contribution in [1.82, 2.24) is 14.9 Å². The minimum Gasteiger partial charge on any atom is -0.497 e. The van der Waals surface area contributed by atoms with Crippen LogP contribution in [-0.4, -0.2) is 27.8 Å². The van der Waals surface area contributed by atoms with Crippen molar-refractivity contribution in [2.75, 3.05) is 7.11 Å². The normalized spacial score (nSPS) is 11.8. The Hall–Kier alpha value is -2.73. The van der Waals surface area contributed by atoms with E-state index in [9.17, 15) is 4.79 Å². The highest BCUT2D eigenvalue weighted by molar-refractivity contribution is 8.00. The summed E-state index contributed by atoms with van der Waals surface area (Å²) in [5, 5.41) is 2.82. The van der Waals surface area contributed by atoms with Gasteiger partial charge >= 0.3 is 0 Å². The molecule has 0 aliphatic rings. The van der Waals surface area contributed by atoms with Gasteiger partial charge in [-0.1, -0.05) is 12.1 Å². The zero-order chi connectivity index (χ0) is 18.4. The third-order valence-corrected chi connectivity index (χ3v) is 5.06. The van der Waals surface area contributed by atoms with Crippen LogP contribution in [0.4, 0.5) is 0 Å². The molecule has 2 aromatic carbocycles. The van der Waals surface area contributed by atoms with Gasteiger partial charge in [-0.2, -0.15) is 0 Å². The summed E-state index contributed by atoms with van der Waals surface area (Å²) in [6.07, 6.45) is 5.40. The third kappa shape index (κ3) is 4.67. The summed E-state index contributed by atoms with van der Waals surface area (Å²) in [5.41, 5.74) is 2.10.